The summed E-state index contributed by atoms with van der Waals surface area (Å²) < 4.78 is 13.8. The van der Waals surface area contributed by atoms with Crippen molar-refractivity contribution >= 4 is 38.4 Å². The number of benzene rings is 2. The molecular weight excluding hydrogens is 335 g/mol. The zero-order valence-electron chi connectivity index (χ0n) is 10.8. The summed E-state index contributed by atoms with van der Waals surface area (Å²) in [5.74, 6) is -0.710. The van der Waals surface area contributed by atoms with Crippen LogP contribution in [-0.2, 0) is 0 Å². The fourth-order valence-corrected chi connectivity index (χ4v) is 2.24. The van der Waals surface area contributed by atoms with E-state index in [0.717, 1.165) is 10.9 Å². The number of anilines is 1. The van der Waals surface area contributed by atoms with Gasteiger partial charge >= 0.3 is 0 Å². The quantitative estimate of drug-likeness (QED) is 0.749. The van der Waals surface area contributed by atoms with Crippen LogP contribution in [0.3, 0.4) is 0 Å². The third kappa shape index (κ3) is 2.92. The SMILES string of the molecule is O=C(Nc1ccc(Br)c(F)c1)c1ccc2ncccc2c1. The third-order valence-corrected chi connectivity index (χ3v) is 3.69. The smallest absolute Gasteiger partial charge is 0.255 e. The standard InChI is InChI=1S/C16H10BrFN2O/c17-13-5-4-12(9-14(13)18)20-16(21)11-3-6-15-10(8-11)2-1-7-19-15/h1-9H,(H,20,21). The number of rotatable bonds is 2. The van der Waals surface area contributed by atoms with Crippen molar-refractivity contribution < 1.29 is 9.18 Å². The summed E-state index contributed by atoms with van der Waals surface area (Å²) in [4.78, 5) is 16.4. The minimum absolute atomic E-state index is 0.289. The number of hydrogen-bond acceptors (Lipinski definition) is 2. The average Bonchev–Trinajstić information content (AvgIpc) is 2.50. The van der Waals surface area contributed by atoms with Crippen molar-refractivity contribution in [1.29, 1.82) is 0 Å². The molecule has 3 aromatic rings. The van der Waals surface area contributed by atoms with Crippen molar-refractivity contribution in [3.8, 4) is 0 Å². The summed E-state index contributed by atoms with van der Waals surface area (Å²) in [7, 11) is 0. The van der Waals surface area contributed by atoms with Crippen molar-refractivity contribution in [1.82, 2.24) is 4.98 Å². The number of carbonyl (C=O) groups is 1. The summed E-state index contributed by atoms with van der Waals surface area (Å²) in [6.07, 6.45) is 1.70. The molecule has 1 amide bonds. The molecule has 2 aromatic carbocycles. The normalized spacial score (nSPS) is 10.6. The van der Waals surface area contributed by atoms with Gasteiger partial charge in [-0.25, -0.2) is 4.39 Å². The van der Waals surface area contributed by atoms with Crippen molar-refractivity contribution in [2.75, 3.05) is 5.32 Å². The maximum Gasteiger partial charge on any atom is 0.255 e. The number of fused-ring (bicyclic) bond motifs is 1. The molecule has 0 atom stereocenters. The molecule has 0 radical (unpaired) electrons. The van der Waals surface area contributed by atoms with Gasteiger partial charge in [0, 0.05) is 22.8 Å². The fourth-order valence-electron chi connectivity index (χ4n) is 1.99. The second kappa shape index (κ2) is 5.61. The van der Waals surface area contributed by atoms with Crippen LogP contribution in [0.5, 0.6) is 0 Å². The van der Waals surface area contributed by atoms with Crippen LogP contribution in [0.15, 0.2) is 59.2 Å². The van der Waals surface area contributed by atoms with Gasteiger partial charge in [0.05, 0.1) is 9.99 Å². The van der Waals surface area contributed by atoms with E-state index in [1.807, 2.05) is 12.1 Å². The molecule has 21 heavy (non-hydrogen) atoms. The molecule has 0 saturated carbocycles. The molecule has 1 aromatic heterocycles. The molecule has 0 aliphatic carbocycles. The minimum Gasteiger partial charge on any atom is -0.322 e. The molecule has 1 N–H and O–H groups in total. The van der Waals surface area contributed by atoms with E-state index in [2.05, 4.69) is 26.2 Å². The van der Waals surface area contributed by atoms with Gasteiger partial charge in [0.15, 0.2) is 0 Å². The molecule has 0 fully saturated rings. The second-order valence-corrected chi connectivity index (χ2v) is 5.35. The van der Waals surface area contributed by atoms with Gasteiger partial charge in [-0.15, -0.1) is 0 Å². The molecule has 3 rings (SSSR count). The van der Waals surface area contributed by atoms with Crippen LogP contribution in [0.2, 0.25) is 0 Å². The van der Waals surface area contributed by atoms with E-state index in [1.54, 1.807) is 36.5 Å². The van der Waals surface area contributed by atoms with E-state index in [-0.39, 0.29) is 5.91 Å². The number of pyridine rings is 1. The highest BCUT2D eigenvalue weighted by Gasteiger charge is 2.08. The molecule has 0 saturated heterocycles. The Balaban J connectivity index is 1.87. The monoisotopic (exact) mass is 344 g/mol. The van der Waals surface area contributed by atoms with Crippen molar-refractivity contribution in [3.05, 3.63) is 70.6 Å². The van der Waals surface area contributed by atoms with Gasteiger partial charge in [0.25, 0.3) is 5.91 Å². The van der Waals surface area contributed by atoms with Crippen LogP contribution < -0.4 is 5.32 Å². The van der Waals surface area contributed by atoms with Crippen LogP contribution in [0.25, 0.3) is 10.9 Å². The maximum atomic E-state index is 13.4. The average molecular weight is 345 g/mol. The highest BCUT2D eigenvalue weighted by atomic mass is 79.9. The van der Waals surface area contributed by atoms with Gasteiger partial charge in [-0.1, -0.05) is 6.07 Å². The predicted octanol–water partition coefficient (Wildman–Crippen LogP) is 4.39. The molecule has 0 bridgehead atoms. The first kappa shape index (κ1) is 13.7. The van der Waals surface area contributed by atoms with Crippen LogP contribution in [0, 0.1) is 5.82 Å². The second-order valence-electron chi connectivity index (χ2n) is 4.49. The van der Waals surface area contributed by atoms with Gasteiger partial charge in [-0.2, -0.15) is 0 Å². The number of halogens is 2. The Labute approximate surface area is 128 Å². The molecular formula is C16H10BrFN2O. The Kier molecular flexibility index (Phi) is 3.66. The summed E-state index contributed by atoms with van der Waals surface area (Å²) >= 11 is 3.07. The first-order valence-electron chi connectivity index (χ1n) is 6.25. The van der Waals surface area contributed by atoms with E-state index in [0.29, 0.717) is 15.7 Å². The fraction of sp³-hybridized carbons (Fsp3) is 0. The molecule has 0 aliphatic rings. The van der Waals surface area contributed by atoms with Gasteiger partial charge in [-0.05, 0) is 58.4 Å². The zero-order valence-corrected chi connectivity index (χ0v) is 12.4. The number of hydrogen-bond donors (Lipinski definition) is 1. The summed E-state index contributed by atoms with van der Waals surface area (Å²) in [6, 6.07) is 13.4. The summed E-state index contributed by atoms with van der Waals surface area (Å²) in [5, 5.41) is 3.55. The highest BCUT2D eigenvalue weighted by molar-refractivity contribution is 9.10. The predicted molar refractivity (Wildman–Crippen MR) is 83.8 cm³/mol. The molecule has 0 unspecified atom stereocenters. The van der Waals surface area contributed by atoms with Crippen molar-refractivity contribution in [2.24, 2.45) is 0 Å². The first-order valence-corrected chi connectivity index (χ1v) is 7.04. The Morgan fingerprint density at radius 2 is 2.00 bits per heavy atom. The maximum absolute atomic E-state index is 13.4. The lowest BCUT2D eigenvalue weighted by atomic mass is 10.1. The van der Waals surface area contributed by atoms with Crippen LogP contribution in [-0.4, -0.2) is 10.9 Å². The lowest BCUT2D eigenvalue weighted by Gasteiger charge is -2.07. The zero-order chi connectivity index (χ0) is 14.8. The summed E-state index contributed by atoms with van der Waals surface area (Å²) in [5.41, 5.74) is 1.73. The van der Waals surface area contributed by atoms with Gasteiger partial charge in [-0.3, -0.25) is 9.78 Å². The van der Waals surface area contributed by atoms with Crippen LogP contribution >= 0.6 is 15.9 Å². The van der Waals surface area contributed by atoms with Crippen LogP contribution in [0.4, 0.5) is 10.1 Å². The molecule has 3 nitrogen and oxygen atoms in total. The first-order chi connectivity index (χ1) is 10.1. The lowest BCUT2D eigenvalue weighted by Crippen LogP contribution is -2.12. The topological polar surface area (TPSA) is 42.0 Å². The van der Waals surface area contributed by atoms with Crippen LogP contribution in [0.1, 0.15) is 10.4 Å². The van der Waals surface area contributed by atoms with E-state index in [9.17, 15) is 9.18 Å². The number of aromatic nitrogens is 1. The largest absolute Gasteiger partial charge is 0.322 e. The van der Waals surface area contributed by atoms with Gasteiger partial charge < -0.3 is 5.32 Å². The van der Waals surface area contributed by atoms with Gasteiger partial charge in [0.2, 0.25) is 0 Å². The lowest BCUT2D eigenvalue weighted by molar-refractivity contribution is 0.102. The highest BCUT2D eigenvalue weighted by Crippen LogP contribution is 2.20. The number of amides is 1. The van der Waals surface area contributed by atoms with Crippen molar-refractivity contribution in [3.63, 3.8) is 0 Å². The number of nitrogens with zero attached hydrogens (tertiary/aromatic N) is 1. The van der Waals surface area contributed by atoms with Gasteiger partial charge in [0.1, 0.15) is 5.82 Å². The Morgan fingerprint density at radius 1 is 1.14 bits per heavy atom. The number of carbonyl (C=O) groups excluding carboxylic acids is 1. The molecule has 0 aliphatic heterocycles. The molecule has 1 heterocycles. The minimum atomic E-state index is -0.421. The van der Waals surface area contributed by atoms with E-state index in [4.69, 9.17) is 0 Å². The Morgan fingerprint density at radius 3 is 2.81 bits per heavy atom. The van der Waals surface area contributed by atoms with Crippen molar-refractivity contribution in [2.45, 2.75) is 0 Å². The van der Waals surface area contributed by atoms with E-state index in [1.165, 1.54) is 6.07 Å². The third-order valence-electron chi connectivity index (χ3n) is 3.04. The van der Waals surface area contributed by atoms with E-state index < -0.39 is 5.82 Å². The molecule has 104 valence electrons. The molecule has 5 heteroatoms. The Bertz CT molecular complexity index is 835. The Hall–Kier alpha value is -2.27. The summed E-state index contributed by atoms with van der Waals surface area (Å²) in [6.45, 7) is 0. The molecule has 0 spiro atoms. The van der Waals surface area contributed by atoms with E-state index >= 15 is 0 Å². The number of nitrogens with one attached hydrogen (secondary N) is 1.